The molecule has 3 aromatic rings. The molecule has 5 heteroatoms. The summed E-state index contributed by atoms with van der Waals surface area (Å²) in [6.45, 7) is 0. The van der Waals surface area contributed by atoms with E-state index in [9.17, 15) is 0 Å². The molecule has 3 heterocycles. The van der Waals surface area contributed by atoms with Gasteiger partial charge in [0.2, 0.25) is 0 Å². The maximum Gasteiger partial charge on any atom is 0.196 e. The number of rotatable bonds is 2. The van der Waals surface area contributed by atoms with Gasteiger partial charge in [0.05, 0.1) is 6.26 Å². The highest BCUT2D eigenvalue weighted by Crippen LogP contribution is 2.22. The molecular formula is C11H7N3OS. The third-order valence-electron chi connectivity index (χ3n) is 2.05. The molecule has 16 heavy (non-hydrogen) atoms. The van der Waals surface area contributed by atoms with Crippen molar-refractivity contribution in [2.24, 2.45) is 0 Å². The van der Waals surface area contributed by atoms with Crippen LogP contribution in [0.3, 0.4) is 0 Å². The van der Waals surface area contributed by atoms with Crippen LogP contribution in [0.15, 0.2) is 46.7 Å². The first kappa shape index (κ1) is 9.23. The predicted molar refractivity (Wildman–Crippen MR) is 60.8 cm³/mol. The molecule has 0 saturated carbocycles. The average Bonchev–Trinajstić information content (AvgIpc) is 3.03. The van der Waals surface area contributed by atoms with E-state index in [2.05, 4.69) is 15.0 Å². The molecule has 0 bridgehead atoms. The molecular weight excluding hydrogens is 222 g/mol. The monoisotopic (exact) mass is 229 g/mol. The van der Waals surface area contributed by atoms with Crippen molar-refractivity contribution in [3.63, 3.8) is 0 Å². The molecule has 0 radical (unpaired) electrons. The highest BCUT2D eigenvalue weighted by molar-refractivity contribution is 7.13. The molecule has 0 aliphatic rings. The number of furan rings is 1. The summed E-state index contributed by atoms with van der Waals surface area (Å²) in [6, 6.07) is 5.49. The fraction of sp³-hybridized carbons (Fsp3) is 0. The van der Waals surface area contributed by atoms with Gasteiger partial charge in [-0.25, -0.2) is 15.0 Å². The Morgan fingerprint density at radius 1 is 1.12 bits per heavy atom. The highest BCUT2D eigenvalue weighted by Gasteiger charge is 2.07. The second-order valence-corrected chi connectivity index (χ2v) is 3.97. The van der Waals surface area contributed by atoms with E-state index in [1.165, 1.54) is 0 Å². The minimum absolute atomic E-state index is 0.581. The van der Waals surface area contributed by atoms with Crippen molar-refractivity contribution in [1.82, 2.24) is 15.0 Å². The third-order valence-corrected chi connectivity index (χ3v) is 2.84. The van der Waals surface area contributed by atoms with Crippen LogP contribution < -0.4 is 0 Å². The molecule has 0 unspecified atom stereocenters. The molecule has 0 aromatic carbocycles. The second kappa shape index (κ2) is 3.86. The van der Waals surface area contributed by atoms with Crippen LogP contribution >= 0.6 is 11.3 Å². The fourth-order valence-corrected chi connectivity index (χ4v) is 1.96. The van der Waals surface area contributed by atoms with Gasteiger partial charge in [0.1, 0.15) is 10.7 Å². The standard InChI is InChI=1S/C11H7N3OS/c1-2-9(15-6-1)10-12-4-3-8(14-10)11-13-5-7-16-11/h1-7H. The van der Waals surface area contributed by atoms with Crippen LogP contribution in [0.25, 0.3) is 22.3 Å². The van der Waals surface area contributed by atoms with E-state index in [-0.39, 0.29) is 0 Å². The van der Waals surface area contributed by atoms with E-state index < -0.39 is 0 Å². The topological polar surface area (TPSA) is 51.8 Å². The van der Waals surface area contributed by atoms with Crippen molar-refractivity contribution in [3.8, 4) is 22.3 Å². The van der Waals surface area contributed by atoms with E-state index in [1.807, 2.05) is 23.6 Å². The van der Waals surface area contributed by atoms with Crippen molar-refractivity contribution >= 4 is 11.3 Å². The molecule has 0 aliphatic carbocycles. The average molecular weight is 229 g/mol. The van der Waals surface area contributed by atoms with Crippen molar-refractivity contribution in [3.05, 3.63) is 42.2 Å². The number of hydrogen-bond donors (Lipinski definition) is 0. The SMILES string of the molecule is c1coc(-c2nccc(-c3nccs3)n2)c1. The lowest BCUT2D eigenvalue weighted by Gasteiger charge is -1.97. The van der Waals surface area contributed by atoms with Crippen LogP contribution in [-0.4, -0.2) is 15.0 Å². The lowest BCUT2D eigenvalue weighted by molar-refractivity contribution is 0.577. The van der Waals surface area contributed by atoms with Gasteiger partial charge in [-0.2, -0.15) is 0 Å². The van der Waals surface area contributed by atoms with Crippen LogP contribution in [0, 0.1) is 0 Å². The van der Waals surface area contributed by atoms with E-state index >= 15 is 0 Å². The van der Waals surface area contributed by atoms with E-state index in [0.29, 0.717) is 11.6 Å². The Balaban J connectivity index is 2.07. The number of hydrogen-bond acceptors (Lipinski definition) is 5. The van der Waals surface area contributed by atoms with Crippen molar-refractivity contribution in [2.45, 2.75) is 0 Å². The highest BCUT2D eigenvalue weighted by atomic mass is 32.1. The summed E-state index contributed by atoms with van der Waals surface area (Å²) in [4.78, 5) is 12.8. The van der Waals surface area contributed by atoms with Gasteiger partial charge in [-0.05, 0) is 18.2 Å². The molecule has 0 N–H and O–H groups in total. The number of aromatic nitrogens is 3. The van der Waals surface area contributed by atoms with Crippen molar-refractivity contribution in [1.29, 1.82) is 0 Å². The maximum atomic E-state index is 5.25. The Kier molecular flexibility index (Phi) is 2.23. The Labute approximate surface area is 95.6 Å². The molecule has 0 spiro atoms. The minimum Gasteiger partial charge on any atom is -0.461 e. The molecule has 0 aliphatic heterocycles. The van der Waals surface area contributed by atoms with Gasteiger partial charge in [0.15, 0.2) is 11.6 Å². The Morgan fingerprint density at radius 3 is 2.88 bits per heavy atom. The predicted octanol–water partition coefficient (Wildman–Crippen LogP) is 2.86. The molecule has 4 nitrogen and oxygen atoms in total. The Hall–Kier alpha value is -2.01. The summed E-state index contributed by atoms with van der Waals surface area (Å²) >= 11 is 1.55. The molecule has 0 amide bonds. The molecule has 0 fully saturated rings. The molecule has 0 atom stereocenters. The smallest absolute Gasteiger partial charge is 0.196 e. The minimum atomic E-state index is 0.581. The normalized spacial score (nSPS) is 10.5. The third kappa shape index (κ3) is 1.61. The lowest BCUT2D eigenvalue weighted by Crippen LogP contribution is -1.89. The van der Waals surface area contributed by atoms with Gasteiger partial charge in [0.25, 0.3) is 0 Å². The molecule has 78 valence electrons. The Bertz CT molecular complexity index is 526. The van der Waals surface area contributed by atoms with Gasteiger partial charge in [0, 0.05) is 17.8 Å². The van der Waals surface area contributed by atoms with Gasteiger partial charge in [-0.3, -0.25) is 0 Å². The van der Waals surface area contributed by atoms with Crippen LogP contribution in [0.5, 0.6) is 0 Å². The first-order chi connectivity index (χ1) is 7.93. The van der Waals surface area contributed by atoms with Crippen molar-refractivity contribution < 1.29 is 4.42 Å². The number of thiazole rings is 1. The molecule has 3 aromatic heterocycles. The molecule has 0 saturated heterocycles. The van der Waals surface area contributed by atoms with Gasteiger partial charge >= 0.3 is 0 Å². The van der Waals surface area contributed by atoms with Crippen molar-refractivity contribution in [2.75, 3.05) is 0 Å². The zero-order chi connectivity index (χ0) is 10.8. The fourth-order valence-electron chi connectivity index (χ4n) is 1.35. The summed E-state index contributed by atoms with van der Waals surface area (Å²) in [7, 11) is 0. The quantitative estimate of drug-likeness (QED) is 0.678. The summed E-state index contributed by atoms with van der Waals surface area (Å²) in [5.74, 6) is 1.25. The maximum absolute atomic E-state index is 5.25. The largest absolute Gasteiger partial charge is 0.461 e. The summed E-state index contributed by atoms with van der Waals surface area (Å²) in [6.07, 6.45) is 5.07. The zero-order valence-corrected chi connectivity index (χ0v) is 9.02. The Morgan fingerprint density at radius 2 is 2.12 bits per heavy atom. The summed E-state index contributed by atoms with van der Waals surface area (Å²) in [5, 5.41) is 2.81. The van der Waals surface area contributed by atoms with Crippen LogP contribution in [0.1, 0.15) is 0 Å². The van der Waals surface area contributed by atoms with Gasteiger partial charge in [-0.15, -0.1) is 11.3 Å². The zero-order valence-electron chi connectivity index (χ0n) is 8.20. The summed E-state index contributed by atoms with van der Waals surface area (Å²) in [5.41, 5.74) is 0.816. The lowest BCUT2D eigenvalue weighted by atomic mass is 10.3. The first-order valence-corrected chi connectivity index (χ1v) is 5.58. The van der Waals surface area contributed by atoms with E-state index in [1.54, 1.807) is 30.0 Å². The van der Waals surface area contributed by atoms with E-state index in [4.69, 9.17) is 4.42 Å². The number of nitrogens with zero attached hydrogens (tertiary/aromatic N) is 3. The van der Waals surface area contributed by atoms with Crippen LogP contribution in [-0.2, 0) is 0 Å². The van der Waals surface area contributed by atoms with Gasteiger partial charge < -0.3 is 4.42 Å². The van der Waals surface area contributed by atoms with Gasteiger partial charge in [-0.1, -0.05) is 0 Å². The summed E-state index contributed by atoms with van der Waals surface area (Å²) < 4.78 is 5.25. The molecule has 3 rings (SSSR count). The first-order valence-electron chi connectivity index (χ1n) is 4.70. The van der Waals surface area contributed by atoms with Crippen LogP contribution in [0.4, 0.5) is 0 Å². The van der Waals surface area contributed by atoms with E-state index in [0.717, 1.165) is 10.7 Å². The second-order valence-electron chi connectivity index (χ2n) is 3.08. The van der Waals surface area contributed by atoms with Crippen LogP contribution in [0.2, 0.25) is 0 Å².